The van der Waals surface area contributed by atoms with Crippen LogP contribution in [0.3, 0.4) is 0 Å². The number of benzene rings is 2. The third-order valence-corrected chi connectivity index (χ3v) is 5.46. The van der Waals surface area contributed by atoms with Crippen molar-refractivity contribution in [3.8, 4) is 11.1 Å². The lowest BCUT2D eigenvalue weighted by Crippen LogP contribution is -2.51. The van der Waals surface area contributed by atoms with Gasteiger partial charge in [0.15, 0.2) is 0 Å². The fourth-order valence-electron chi connectivity index (χ4n) is 3.80. The van der Waals surface area contributed by atoms with E-state index in [4.69, 9.17) is 19.4 Å². The minimum atomic E-state index is -1.37. The zero-order chi connectivity index (χ0) is 24.0. The number of fused-ring (bicyclic) bond motifs is 3. The summed E-state index contributed by atoms with van der Waals surface area (Å²) >= 11 is 0. The van der Waals surface area contributed by atoms with Crippen molar-refractivity contribution in [3.63, 3.8) is 0 Å². The van der Waals surface area contributed by atoms with Crippen LogP contribution in [0.25, 0.3) is 11.1 Å². The lowest BCUT2D eigenvalue weighted by atomic mass is 9.98. The molecule has 2 unspecified atom stereocenters. The van der Waals surface area contributed by atoms with Crippen molar-refractivity contribution in [2.45, 2.75) is 31.9 Å². The van der Waals surface area contributed by atoms with Crippen LogP contribution in [0.5, 0.6) is 0 Å². The molecular formula is C24H28N2O7. The van der Waals surface area contributed by atoms with Crippen molar-refractivity contribution >= 4 is 18.0 Å². The average Bonchev–Trinajstić information content (AvgIpc) is 3.12. The van der Waals surface area contributed by atoms with Gasteiger partial charge in [-0.1, -0.05) is 62.4 Å². The largest absolute Gasteiger partial charge is 0.479 e. The predicted octanol–water partition coefficient (Wildman–Crippen LogP) is 2.70. The summed E-state index contributed by atoms with van der Waals surface area (Å²) in [6.45, 7) is 3.33. The Morgan fingerprint density at radius 2 is 1.58 bits per heavy atom. The van der Waals surface area contributed by atoms with Gasteiger partial charge in [-0.3, -0.25) is 9.63 Å². The van der Waals surface area contributed by atoms with Gasteiger partial charge in [0.25, 0.3) is 5.91 Å². The van der Waals surface area contributed by atoms with E-state index in [9.17, 15) is 14.4 Å². The predicted molar refractivity (Wildman–Crippen MR) is 119 cm³/mol. The summed E-state index contributed by atoms with van der Waals surface area (Å²) in [5, 5.41) is 11.6. The summed E-state index contributed by atoms with van der Waals surface area (Å²) in [6, 6.07) is 15.0. The number of methoxy groups -OCH3 is 1. The Morgan fingerprint density at radius 3 is 2.09 bits per heavy atom. The Morgan fingerprint density at radius 1 is 1.00 bits per heavy atom. The molecule has 0 saturated carbocycles. The number of alkyl carbamates (subject to hydrolysis) is 1. The molecular weight excluding hydrogens is 428 g/mol. The maximum absolute atomic E-state index is 12.5. The minimum Gasteiger partial charge on any atom is -0.479 e. The van der Waals surface area contributed by atoms with Crippen LogP contribution in [0.2, 0.25) is 0 Å². The molecule has 33 heavy (non-hydrogen) atoms. The monoisotopic (exact) mass is 456 g/mol. The van der Waals surface area contributed by atoms with E-state index in [0.717, 1.165) is 22.3 Å². The Bertz CT molecular complexity index is 962. The lowest BCUT2D eigenvalue weighted by molar-refractivity contribution is -0.165. The van der Waals surface area contributed by atoms with Gasteiger partial charge in [0.1, 0.15) is 12.6 Å². The van der Waals surface area contributed by atoms with Gasteiger partial charge < -0.3 is 19.9 Å². The zero-order valence-electron chi connectivity index (χ0n) is 18.7. The molecule has 0 spiro atoms. The highest BCUT2D eigenvalue weighted by Gasteiger charge is 2.31. The Labute approximate surface area is 192 Å². The first-order chi connectivity index (χ1) is 15.8. The summed E-state index contributed by atoms with van der Waals surface area (Å²) in [6.07, 6.45) is -2.13. The summed E-state index contributed by atoms with van der Waals surface area (Å²) in [5.74, 6) is -2.40. The second-order valence-electron chi connectivity index (χ2n) is 8.06. The van der Waals surface area contributed by atoms with Crippen LogP contribution in [0.15, 0.2) is 48.5 Å². The molecule has 0 fully saturated rings. The van der Waals surface area contributed by atoms with Crippen molar-refractivity contribution in [2.24, 2.45) is 5.92 Å². The van der Waals surface area contributed by atoms with E-state index in [1.54, 1.807) is 13.8 Å². The molecule has 0 bridgehead atoms. The molecule has 0 aliphatic heterocycles. The van der Waals surface area contributed by atoms with Gasteiger partial charge in [0.2, 0.25) is 6.10 Å². The van der Waals surface area contributed by atoms with Crippen LogP contribution in [-0.4, -0.2) is 55.5 Å². The Kier molecular flexibility index (Phi) is 8.02. The van der Waals surface area contributed by atoms with Crippen molar-refractivity contribution in [1.82, 2.24) is 10.8 Å². The molecule has 2 aromatic rings. The second kappa shape index (κ2) is 10.9. The summed E-state index contributed by atoms with van der Waals surface area (Å²) < 4.78 is 10.2. The second-order valence-corrected chi connectivity index (χ2v) is 8.06. The highest BCUT2D eigenvalue weighted by atomic mass is 16.7. The van der Waals surface area contributed by atoms with Gasteiger partial charge in [-0.25, -0.2) is 15.1 Å². The number of hydrogen-bond donors (Lipinski definition) is 3. The molecule has 3 rings (SSSR count). The van der Waals surface area contributed by atoms with E-state index in [1.807, 2.05) is 48.5 Å². The average molecular weight is 456 g/mol. The molecule has 0 aromatic heterocycles. The Hall–Kier alpha value is -3.43. The van der Waals surface area contributed by atoms with Gasteiger partial charge >= 0.3 is 12.1 Å². The first-order valence-corrected chi connectivity index (χ1v) is 10.6. The third-order valence-electron chi connectivity index (χ3n) is 5.46. The van der Waals surface area contributed by atoms with Crippen LogP contribution < -0.4 is 10.8 Å². The van der Waals surface area contributed by atoms with E-state index in [2.05, 4.69) is 10.8 Å². The van der Waals surface area contributed by atoms with Crippen LogP contribution in [0.4, 0.5) is 4.79 Å². The number of amides is 2. The SMILES string of the molecule is COCC(ONC(=O)C(NC(=O)OCC1c2ccccc2-c2ccccc21)C(C)C)C(=O)O. The van der Waals surface area contributed by atoms with Gasteiger partial charge in [0, 0.05) is 13.0 Å². The fraction of sp³-hybridized carbons (Fsp3) is 0.375. The zero-order valence-corrected chi connectivity index (χ0v) is 18.7. The summed E-state index contributed by atoms with van der Waals surface area (Å²) in [5.41, 5.74) is 6.48. The smallest absolute Gasteiger partial charge is 0.407 e. The van der Waals surface area contributed by atoms with Gasteiger partial charge in [-0.2, -0.15) is 0 Å². The number of hydroxylamine groups is 1. The van der Waals surface area contributed by atoms with Crippen molar-refractivity contribution in [3.05, 3.63) is 59.7 Å². The molecule has 9 nitrogen and oxygen atoms in total. The maximum Gasteiger partial charge on any atom is 0.407 e. The van der Waals surface area contributed by atoms with Crippen LogP contribution in [0, 0.1) is 5.92 Å². The lowest BCUT2D eigenvalue weighted by Gasteiger charge is -2.23. The normalized spacial score (nSPS) is 14.2. The van der Waals surface area contributed by atoms with Crippen molar-refractivity contribution in [2.75, 3.05) is 20.3 Å². The maximum atomic E-state index is 12.5. The van der Waals surface area contributed by atoms with Crippen LogP contribution >= 0.6 is 0 Å². The van der Waals surface area contributed by atoms with E-state index in [1.165, 1.54) is 7.11 Å². The molecule has 2 aromatic carbocycles. The third kappa shape index (κ3) is 5.68. The number of rotatable bonds is 10. The molecule has 0 saturated heterocycles. The number of carbonyl (C=O) groups is 3. The van der Waals surface area contributed by atoms with Gasteiger partial charge in [-0.15, -0.1) is 0 Å². The molecule has 0 heterocycles. The van der Waals surface area contributed by atoms with Gasteiger partial charge in [-0.05, 0) is 28.2 Å². The molecule has 2 amide bonds. The van der Waals surface area contributed by atoms with E-state index in [-0.39, 0.29) is 25.0 Å². The number of aliphatic carboxylic acids is 1. The number of carbonyl (C=O) groups excluding carboxylic acids is 2. The topological polar surface area (TPSA) is 123 Å². The highest BCUT2D eigenvalue weighted by molar-refractivity contribution is 5.85. The number of hydrogen-bond acceptors (Lipinski definition) is 6. The first kappa shape index (κ1) is 24.2. The molecule has 1 aliphatic rings. The van der Waals surface area contributed by atoms with Crippen LogP contribution in [0.1, 0.15) is 30.9 Å². The molecule has 176 valence electrons. The van der Waals surface area contributed by atoms with E-state index >= 15 is 0 Å². The molecule has 3 N–H and O–H groups in total. The van der Waals surface area contributed by atoms with E-state index in [0.29, 0.717) is 0 Å². The number of carboxylic acids is 1. The highest BCUT2D eigenvalue weighted by Crippen LogP contribution is 2.44. The van der Waals surface area contributed by atoms with Crippen molar-refractivity contribution < 1.29 is 33.8 Å². The van der Waals surface area contributed by atoms with E-state index < -0.39 is 30.1 Å². The molecule has 0 radical (unpaired) electrons. The summed E-state index contributed by atoms with van der Waals surface area (Å²) in [4.78, 5) is 41.1. The number of ether oxygens (including phenoxy) is 2. The number of nitrogens with one attached hydrogen (secondary N) is 2. The Balaban J connectivity index is 1.61. The van der Waals surface area contributed by atoms with Gasteiger partial charge in [0.05, 0.1) is 6.61 Å². The molecule has 2 atom stereocenters. The fourth-order valence-corrected chi connectivity index (χ4v) is 3.80. The summed E-state index contributed by atoms with van der Waals surface area (Å²) in [7, 11) is 1.32. The molecule has 1 aliphatic carbocycles. The van der Waals surface area contributed by atoms with Crippen molar-refractivity contribution in [1.29, 1.82) is 0 Å². The van der Waals surface area contributed by atoms with Crippen LogP contribution in [-0.2, 0) is 23.9 Å². The standard InChI is InChI=1S/C24H28N2O7/c1-14(2)21(22(27)26-33-20(13-31-3)23(28)29)25-24(30)32-12-19-17-10-6-4-8-15(17)16-9-5-7-11-18(16)19/h4-11,14,19-21H,12-13H2,1-3H3,(H,25,30)(H,26,27)(H,28,29). The minimum absolute atomic E-state index is 0.108. The first-order valence-electron chi connectivity index (χ1n) is 10.6. The number of carboxylic acid groups (broad SMARTS) is 1. The molecule has 9 heteroatoms. The quantitative estimate of drug-likeness (QED) is 0.470.